The lowest BCUT2D eigenvalue weighted by atomic mass is 9.97. The lowest BCUT2D eigenvalue weighted by Gasteiger charge is -2.17. The minimum atomic E-state index is -1.02. The number of methoxy groups -OCH3 is 1. The second-order valence-electron chi connectivity index (χ2n) is 7.10. The summed E-state index contributed by atoms with van der Waals surface area (Å²) in [4.78, 5) is 35.4. The molecule has 0 saturated heterocycles. The van der Waals surface area contributed by atoms with Crippen molar-refractivity contribution in [3.63, 3.8) is 0 Å². The number of nitrogens with zero attached hydrogens (tertiary/aromatic N) is 1. The largest absolute Gasteiger partial charge is 0.449 e. The molecular weight excluding hydrogens is 390 g/mol. The smallest absolute Gasteiger partial charge is 0.341 e. The van der Waals surface area contributed by atoms with E-state index < -0.39 is 22.9 Å². The molecule has 0 bridgehead atoms. The summed E-state index contributed by atoms with van der Waals surface area (Å²) in [6.45, 7) is 2.75. The van der Waals surface area contributed by atoms with Gasteiger partial charge in [0, 0.05) is 38.0 Å². The zero-order valence-corrected chi connectivity index (χ0v) is 17.4. The number of allylic oxidation sites excluding steroid dienone is 1. The van der Waals surface area contributed by atoms with E-state index in [-0.39, 0.29) is 11.3 Å². The SMILES string of the molecule is COCCNc1ccc([N+](=O)[O-])cc1C(=O)O[C@@H](C)C(=O)NCCC1=CCCCC1. The number of hydrogen-bond donors (Lipinski definition) is 2. The Morgan fingerprint density at radius 3 is 2.73 bits per heavy atom. The number of anilines is 1. The molecule has 0 saturated carbocycles. The molecule has 0 unspecified atom stereocenters. The van der Waals surface area contributed by atoms with Gasteiger partial charge in [-0.05, 0) is 45.1 Å². The second-order valence-corrected chi connectivity index (χ2v) is 7.10. The molecular formula is C21H29N3O6. The van der Waals surface area contributed by atoms with Crippen molar-refractivity contribution in [3.05, 3.63) is 45.5 Å². The van der Waals surface area contributed by atoms with Crippen LogP contribution in [0.3, 0.4) is 0 Å². The maximum atomic E-state index is 12.6. The molecule has 0 radical (unpaired) electrons. The van der Waals surface area contributed by atoms with Gasteiger partial charge in [-0.3, -0.25) is 14.9 Å². The Kier molecular flexibility index (Phi) is 9.27. The molecule has 0 heterocycles. The monoisotopic (exact) mass is 419 g/mol. The van der Waals surface area contributed by atoms with Crippen LogP contribution >= 0.6 is 0 Å². The standard InChI is InChI=1S/C21H29N3O6/c1-15(20(25)23-11-10-16-6-4-3-5-7-16)30-21(26)18-14-17(24(27)28)8-9-19(18)22-12-13-29-2/h6,8-9,14-15,22H,3-5,7,10-13H2,1-2H3,(H,23,25)/t15-/m0/s1. The molecule has 30 heavy (non-hydrogen) atoms. The average Bonchev–Trinajstić information content (AvgIpc) is 2.74. The van der Waals surface area contributed by atoms with Gasteiger partial charge in [-0.1, -0.05) is 11.6 Å². The van der Waals surface area contributed by atoms with Crippen LogP contribution in [0.1, 0.15) is 49.4 Å². The number of carbonyl (C=O) groups excluding carboxylic acids is 2. The second kappa shape index (κ2) is 11.9. The van der Waals surface area contributed by atoms with Gasteiger partial charge in [0.2, 0.25) is 0 Å². The van der Waals surface area contributed by atoms with E-state index in [2.05, 4.69) is 16.7 Å². The first kappa shape index (κ1) is 23.3. The molecule has 164 valence electrons. The van der Waals surface area contributed by atoms with Crippen molar-refractivity contribution in [1.29, 1.82) is 0 Å². The van der Waals surface area contributed by atoms with E-state index in [9.17, 15) is 19.7 Å². The molecule has 1 atom stereocenters. The van der Waals surface area contributed by atoms with E-state index in [4.69, 9.17) is 9.47 Å². The molecule has 2 rings (SSSR count). The van der Waals surface area contributed by atoms with Crippen LogP contribution in [0.15, 0.2) is 29.8 Å². The van der Waals surface area contributed by atoms with Gasteiger partial charge < -0.3 is 20.1 Å². The fourth-order valence-corrected chi connectivity index (χ4v) is 3.16. The molecule has 0 spiro atoms. The van der Waals surface area contributed by atoms with Gasteiger partial charge in [-0.25, -0.2) is 4.79 Å². The molecule has 1 aliphatic carbocycles. The maximum Gasteiger partial charge on any atom is 0.341 e. The third kappa shape index (κ3) is 7.14. The molecule has 0 aromatic heterocycles. The predicted octanol–water partition coefficient (Wildman–Crippen LogP) is 3.21. The number of hydrogen-bond acceptors (Lipinski definition) is 7. The first-order valence-electron chi connectivity index (χ1n) is 10.1. The summed E-state index contributed by atoms with van der Waals surface area (Å²) in [5, 5.41) is 16.8. The molecule has 1 amide bonds. The number of amides is 1. The van der Waals surface area contributed by atoms with Crippen molar-refractivity contribution in [1.82, 2.24) is 5.32 Å². The Hall–Kier alpha value is -2.94. The summed E-state index contributed by atoms with van der Waals surface area (Å²) < 4.78 is 10.2. The fourth-order valence-electron chi connectivity index (χ4n) is 3.16. The van der Waals surface area contributed by atoms with E-state index in [1.807, 2.05) is 0 Å². The average molecular weight is 419 g/mol. The van der Waals surface area contributed by atoms with Gasteiger partial charge in [-0.15, -0.1) is 0 Å². The summed E-state index contributed by atoms with van der Waals surface area (Å²) in [5.74, 6) is -1.21. The van der Waals surface area contributed by atoms with Crippen molar-refractivity contribution in [3.8, 4) is 0 Å². The minimum absolute atomic E-state index is 0.00712. The number of non-ortho nitro benzene ring substituents is 1. The van der Waals surface area contributed by atoms with Gasteiger partial charge >= 0.3 is 5.97 Å². The van der Waals surface area contributed by atoms with E-state index in [1.54, 1.807) is 0 Å². The normalized spacial score (nSPS) is 14.4. The summed E-state index contributed by atoms with van der Waals surface area (Å²) in [5.41, 5.74) is 1.47. The van der Waals surface area contributed by atoms with Crippen LogP contribution < -0.4 is 10.6 Å². The van der Waals surface area contributed by atoms with Crippen molar-refractivity contribution in [2.75, 3.05) is 32.1 Å². The van der Waals surface area contributed by atoms with Crippen LogP contribution in [-0.4, -0.2) is 49.7 Å². The molecule has 9 heteroatoms. The Bertz CT molecular complexity index is 793. The Morgan fingerprint density at radius 2 is 2.07 bits per heavy atom. The summed E-state index contributed by atoms with van der Waals surface area (Å²) in [6, 6.07) is 3.87. The quantitative estimate of drug-likeness (QED) is 0.186. The van der Waals surface area contributed by atoms with Gasteiger partial charge in [0.15, 0.2) is 6.10 Å². The van der Waals surface area contributed by atoms with E-state index in [1.165, 1.54) is 44.6 Å². The van der Waals surface area contributed by atoms with E-state index in [0.29, 0.717) is 25.4 Å². The minimum Gasteiger partial charge on any atom is -0.449 e. The number of rotatable bonds is 11. The van der Waals surface area contributed by atoms with Crippen LogP contribution in [0.5, 0.6) is 0 Å². The van der Waals surface area contributed by atoms with Crippen LogP contribution in [0.25, 0.3) is 0 Å². The summed E-state index contributed by atoms with van der Waals surface area (Å²) in [7, 11) is 1.54. The third-order valence-electron chi connectivity index (χ3n) is 4.84. The zero-order valence-electron chi connectivity index (χ0n) is 17.4. The maximum absolute atomic E-state index is 12.6. The number of nitrogens with one attached hydrogen (secondary N) is 2. The van der Waals surface area contributed by atoms with Crippen LogP contribution in [0.4, 0.5) is 11.4 Å². The number of nitro groups is 1. The van der Waals surface area contributed by atoms with Gasteiger partial charge in [0.1, 0.15) is 0 Å². The highest BCUT2D eigenvalue weighted by Crippen LogP contribution is 2.23. The molecule has 1 aromatic carbocycles. The number of nitro benzene ring substituents is 1. The lowest BCUT2D eigenvalue weighted by molar-refractivity contribution is -0.384. The summed E-state index contributed by atoms with van der Waals surface area (Å²) >= 11 is 0. The van der Waals surface area contributed by atoms with E-state index >= 15 is 0 Å². The Labute approximate surface area is 176 Å². The topological polar surface area (TPSA) is 120 Å². The van der Waals surface area contributed by atoms with Gasteiger partial charge in [0.05, 0.1) is 17.1 Å². The van der Waals surface area contributed by atoms with Gasteiger partial charge in [0.25, 0.3) is 11.6 Å². The zero-order chi connectivity index (χ0) is 21.9. The first-order valence-corrected chi connectivity index (χ1v) is 10.1. The Balaban J connectivity index is 1.96. The van der Waals surface area contributed by atoms with Crippen molar-refractivity contribution >= 4 is 23.3 Å². The molecule has 0 fully saturated rings. The number of benzene rings is 1. The first-order chi connectivity index (χ1) is 14.4. The highest BCUT2D eigenvalue weighted by atomic mass is 16.6. The van der Waals surface area contributed by atoms with E-state index in [0.717, 1.165) is 25.3 Å². The van der Waals surface area contributed by atoms with Crippen LogP contribution in [0.2, 0.25) is 0 Å². The van der Waals surface area contributed by atoms with Gasteiger partial charge in [-0.2, -0.15) is 0 Å². The summed E-state index contributed by atoms with van der Waals surface area (Å²) in [6.07, 6.45) is 6.52. The molecule has 9 nitrogen and oxygen atoms in total. The number of ether oxygens (including phenoxy) is 2. The molecule has 0 aliphatic heterocycles. The van der Waals surface area contributed by atoms with Crippen LogP contribution in [-0.2, 0) is 14.3 Å². The third-order valence-corrected chi connectivity index (χ3v) is 4.84. The highest BCUT2D eigenvalue weighted by Gasteiger charge is 2.23. The predicted molar refractivity (Wildman–Crippen MR) is 113 cm³/mol. The van der Waals surface area contributed by atoms with Crippen LogP contribution in [0, 0.1) is 10.1 Å². The highest BCUT2D eigenvalue weighted by molar-refractivity contribution is 5.98. The number of esters is 1. The molecule has 2 N–H and O–H groups in total. The fraction of sp³-hybridized carbons (Fsp3) is 0.524. The molecule has 1 aliphatic rings. The van der Waals surface area contributed by atoms with Crippen molar-refractivity contribution in [2.24, 2.45) is 0 Å². The molecule has 1 aromatic rings. The lowest BCUT2D eigenvalue weighted by Crippen LogP contribution is -2.36. The Morgan fingerprint density at radius 1 is 1.27 bits per heavy atom. The van der Waals surface area contributed by atoms with Crippen molar-refractivity contribution in [2.45, 2.75) is 45.1 Å². The number of carbonyl (C=O) groups is 2. The van der Waals surface area contributed by atoms with Crippen molar-refractivity contribution < 1.29 is 24.0 Å².